The molecule has 0 spiro atoms. The van der Waals surface area contributed by atoms with Crippen LogP contribution in [0.3, 0.4) is 0 Å². The van der Waals surface area contributed by atoms with Gasteiger partial charge in [0.25, 0.3) is 11.5 Å². The number of allylic oxidation sites excluding steroid dienone is 1. The molecular formula is C57H54ClF3N10O8S. The number of amides is 2. The Kier molecular flexibility index (Phi) is 14.2. The Hall–Kier alpha value is -7.84. The maximum Gasteiger partial charge on any atom is 0.412 e. The van der Waals surface area contributed by atoms with Gasteiger partial charge < -0.3 is 39.4 Å². The number of cyclic esters (lactones) is 1. The van der Waals surface area contributed by atoms with Crippen molar-refractivity contribution in [1.82, 2.24) is 29.3 Å². The normalized spacial score (nSPS) is 20.5. The summed E-state index contributed by atoms with van der Waals surface area (Å²) < 4.78 is 65.9. The zero-order valence-electron chi connectivity index (χ0n) is 43.8. The van der Waals surface area contributed by atoms with Gasteiger partial charge in [-0.2, -0.15) is 15.2 Å². The summed E-state index contributed by atoms with van der Waals surface area (Å²) in [5.74, 6) is -2.73. The zero-order chi connectivity index (χ0) is 56.6. The summed E-state index contributed by atoms with van der Waals surface area (Å²) in [6.45, 7) is 15.9. The molecule has 0 saturated carbocycles. The fraction of sp³-hybridized carbons (Fsp3) is 0.368. The number of aromatic nitrogens is 4. The van der Waals surface area contributed by atoms with Crippen LogP contribution in [0.2, 0.25) is 5.02 Å². The smallest absolute Gasteiger partial charge is 0.412 e. The third-order valence-electron chi connectivity index (χ3n) is 16.2. The summed E-state index contributed by atoms with van der Waals surface area (Å²) in [5, 5.41) is 23.6. The number of thiophene rings is 1. The third kappa shape index (κ3) is 8.90. The minimum Gasteiger partial charge on any atom is -0.461 e. The highest BCUT2D eigenvalue weighted by Gasteiger charge is 2.47. The first-order chi connectivity index (χ1) is 38.5. The van der Waals surface area contributed by atoms with Gasteiger partial charge in [-0.1, -0.05) is 44.7 Å². The maximum absolute atomic E-state index is 17.5. The van der Waals surface area contributed by atoms with Crippen LogP contribution in [0.1, 0.15) is 93.2 Å². The molecule has 0 radical (unpaired) electrons. The summed E-state index contributed by atoms with van der Waals surface area (Å²) in [7, 11) is 0. The van der Waals surface area contributed by atoms with Crippen molar-refractivity contribution in [2.24, 2.45) is 0 Å². The second-order valence-electron chi connectivity index (χ2n) is 20.5. The second-order valence-corrected chi connectivity index (χ2v) is 22.0. The Labute approximate surface area is 464 Å². The number of anilines is 3. The fourth-order valence-corrected chi connectivity index (χ4v) is 13.5. The fourth-order valence-electron chi connectivity index (χ4n) is 12.4. The van der Waals surface area contributed by atoms with Crippen LogP contribution in [0.5, 0.6) is 6.01 Å². The van der Waals surface area contributed by atoms with Crippen molar-refractivity contribution >= 4 is 91.1 Å². The number of hydrogen-bond donors (Lipinski definition) is 3. The van der Waals surface area contributed by atoms with E-state index in [0.29, 0.717) is 47.3 Å². The van der Waals surface area contributed by atoms with E-state index in [2.05, 4.69) is 33.3 Å². The Balaban J connectivity index is 0.00000334. The van der Waals surface area contributed by atoms with Crippen LogP contribution in [-0.2, 0) is 32.2 Å². The molecule has 4 unspecified atom stereocenters. The Morgan fingerprint density at radius 3 is 2.51 bits per heavy atom. The van der Waals surface area contributed by atoms with Crippen LogP contribution in [0.15, 0.2) is 59.9 Å². The SMILES string of the molecule is C=C/C(c1c(Cl)cc2c(N3CC4CCC(C3)N4C(=O)C(=C)C(C)OC(=O)Nc3cc4cc5c(nc4cc3F)-c3cc4c(c(=O)n3C5)COC(=O)C4O)nc(OCC34CCCN3CCC4)nc2c1F)=c1/c(C#N)c(N)s/c1=C\F.CC. The van der Waals surface area contributed by atoms with E-state index in [1.807, 2.05) is 24.8 Å². The first kappa shape index (κ1) is 54.1. The van der Waals surface area contributed by atoms with Crippen molar-refractivity contribution < 1.29 is 46.9 Å². The highest BCUT2D eigenvalue weighted by atomic mass is 35.5. The summed E-state index contributed by atoms with van der Waals surface area (Å²) in [4.78, 5) is 73.5. The second kappa shape index (κ2) is 21.0. The van der Waals surface area contributed by atoms with E-state index in [-0.39, 0.29) is 132 Å². The molecule has 23 heteroatoms. The first-order valence-electron chi connectivity index (χ1n) is 26.3. The number of benzene rings is 2. The van der Waals surface area contributed by atoms with Crippen molar-refractivity contribution in [2.75, 3.05) is 48.7 Å². The van der Waals surface area contributed by atoms with Gasteiger partial charge in [0.2, 0.25) is 0 Å². The minimum absolute atomic E-state index is 0.0120. The number of nitrogens with zero attached hydrogens (tertiary/aromatic N) is 8. The van der Waals surface area contributed by atoms with Gasteiger partial charge in [-0.3, -0.25) is 19.8 Å². The number of pyridine rings is 2. The molecule has 2 aromatic carbocycles. The van der Waals surface area contributed by atoms with E-state index in [9.17, 15) is 33.9 Å². The first-order valence-corrected chi connectivity index (χ1v) is 27.5. The molecule has 10 heterocycles. The summed E-state index contributed by atoms with van der Waals surface area (Å²) in [5.41, 5.74) is 6.69. The van der Waals surface area contributed by atoms with Crippen LogP contribution in [0.25, 0.3) is 45.1 Å². The number of rotatable bonds is 10. The van der Waals surface area contributed by atoms with Crippen LogP contribution in [0.4, 0.5) is 34.5 Å². The van der Waals surface area contributed by atoms with E-state index in [4.69, 9.17) is 36.5 Å². The number of ether oxygens (including phenoxy) is 3. The Bertz CT molecular complexity index is 3900. The molecule has 4 N–H and O–H groups in total. The van der Waals surface area contributed by atoms with Crippen molar-refractivity contribution in [2.45, 2.75) is 102 Å². The molecular weight excluding hydrogens is 1080 g/mol. The number of aliphatic hydroxyl groups excluding tert-OH is 1. The number of piperazine rings is 1. The summed E-state index contributed by atoms with van der Waals surface area (Å²) in [6, 6.07) is 8.39. The topological polar surface area (TPSA) is 231 Å². The van der Waals surface area contributed by atoms with Crippen LogP contribution >= 0.6 is 22.9 Å². The molecule has 4 fully saturated rings. The molecule has 4 saturated heterocycles. The predicted molar refractivity (Wildman–Crippen MR) is 295 cm³/mol. The standard InChI is InChI=1S/C55H48ClF3N10O8S.C2H6/c1-4-31(42-34(19-60)48(61)78-41(42)18-57)43-36(56)15-33-46(44(43)59)64-53(76-24-55-9-5-11-67(55)12-6-10-55)65-49(33)66-21-29-7-8-30(22-66)69(29)50(71)25(2)26(3)77-54(74)63-39-14-27-13-28-20-68-40(45(28)62-38(27)17-37(39)58)16-32-35(51(68)72)23-75-52(73)47(32)70;1-2/h4,13-18,26,29-30,47,70H,1-2,5-12,20-24,61H2,3H3,(H,63,74);1-2H3/b41-18-,42-31+;. The van der Waals surface area contributed by atoms with E-state index in [1.54, 1.807) is 11.0 Å². The Morgan fingerprint density at radius 1 is 1.10 bits per heavy atom. The number of nitrogen functional groups attached to an aromatic ring is 1. The quantitative estimate of drug-likeness (QED) is 0.0895. The number of esters is 1. The number of nitrogens with one attached hydrogen (secondary N) is 1. The number of carbonyl (C=O) groups excluding carboxylic acids is 3. The molecule has 80 heavy (non-hydrogen) atoms. The van der Waals surface area contributed by atoms with E-state index < -0.39 is 47.4 Å². The minimum atomic E-state index is -1.63. The molecule has 6 aliphatic heterocycles. The monoisotopic (exact) mass is 1130 g/mol. The largest absolute Gasteiger partial charge is 0.461 e. The average Bonchev–Trinajstić information content (AvgIpc) is 4.28. The molecule has 18 nitrogen and oxygen atoms in total. The summed E-state index contributed by atoms with van der Waals surface area (Å²) in [6.07, 6.45) is 2.84. The number of nitriles is 1. The molecule has 2 bridgehead atoms. The molecule has 4 atom stereocenters. The van der Waals surface area contributed by atoms with Gasteiger partial charge in [0, 0.05) is 51.8 Å². The number of halogens is 4. The van der Waals surface area contributed by atoms with Crippen molar-refractivity contribution in [3.8, 4) is 23.5 Å². The molecule has 0 aliphatic carbocycles. The average molecular weight is 1130 g/mol. The molecule has 12 rings (SSSR count). The summed E-state index contributed by atoms with van der Waals surface area (Å²) >= 11 is 7.81. The highest BCUT2D eigenvalue weighted by molar-refractivity contribution is 7.14. The van der Waals surface area contributed by atoms with Gasteiger partial charge in [-0.05, 0) is 88.4 Å². The van der Waals surface area contributed by atoms with Crippen molar-refractivity contribution in [3.63, 3.8) is 0 Å². The molecule has 6 aliphatic rings. The Morgan fingerprint density at radius 2 is 1.82 bits per heavy atom. The lowest BCUT2D eigenvalue weighted by atomic mass is 9.95. The molecule has 6 aromatic rings. The van der Waals surface area contributed by atoms with E-state index in [0.717, 1.165) is 56.2 Å². The van der Waals surface area contributed by atoms with Gasteiger partial charge in [0.15, 0.2) is 11.9 Å². The molecule has 414 valence electrons. The van der Waals surface area contributed by atoms with Crippen molar-refractivity contribution in [3.05, 3.63) is 120 Å². The number of fused-ring (bicyclic) bond motifs is 9. The van der Waals surface area contributed by atoms with Gasteiger partial charge in [-0.15, -0.1) is 11.3 Å². The lowest BCUT2D eigenvalue weighted by molar-refractivity contribution is -0.157. The van der Waals surface area contributed by atoms with Crippen LogP contribution in [0, 0.1) is 23.0 Å². The van der Waals surface area contributed by atoms with Gasteiger partial charge in [0.05, 0.1) is 73.0 Å². The predicted octanol–water partition coefficient (Wildman–Crippen LogP) is 7.40. The lowest BCUT2D eigenvalue weighted by Crippen LogP contribution is -2.57. The number of hydrogen-bond acceptors (Lipinski definition) is 16. The van der Waals surface area contributed by atoms with E-state index >= 15 is 8.78 Å². The lowest BCUT2D eigenvalue weighted by Gasteiger charge is -2.42. The van der Waals surface area contributed by atoms with Gasteiger partial charge in [0.1, 0.15) is 53.9 Å². The zero-order valence-corrected chi connectivity index (χ0v) is 45.4. The molecule has 2 amide bonds. The third-order valence-corrected chi connectivity index (χ3v) is 17.4. The highest BCUT2D eigenvalue weighted by Crippen LogP contribution is 2.43. The molecule has 4 aromatic heterocycles. The number of carbonyl (C=O) groups is 3. The van der Waals surface area contributed by atoms with Gasteiger partial charge in [-0.25, -0.2) is 27.7 Å². The van der Waals surface area contributed by atoms with Crippen molar-refractivity contribution in [1.29, 1.82) is 5.26 Å². The van der Waals surface area contributed by atoms with Gasteiger partial charge >= 0.3 is 18.1 Å². The van der Waals surface area contributed by atoms with Crippen LogP contribution < -0.4 is 36.0 Å². The van der Waals surface area contributed by atoms with E-state index in [1.165, 1.54) is 35.8 Å². The van der Waals surface area contributed by atoms with Crippen LogP contribution in [-0.4, -0.2) is 109 Å². The number of nitrogens with two attached hydrogens (primary N) is 1. The number of aliphatic hydroxyl groups is 1. The maximum atomic E-state index is 17.5.